The van der Waals surface area contributed by atoms with Crippen LogP contribution in [-0.2, 0) is 9.59 Å². The average Bonchev–Trinajstić information content (AvgIpc) is 3.20. The van der Waals surface area contributed by atoms with E-state index in [0.29, 0.717) is 18.0 Å². The van der Waals surface area contributed by atoms with Crippen LogP contribution in [-0.4, -0.2) is 49.6 Å². The predicted molar refractivity (Wildman–Crippen MR) is 88.3 cm³/mol. The molecule has 2 fully saturated rings. The van der Waals surface area contributed by atoms with Crippen LogP contribution >= 0.6 is 0 Å². The third-order valence-corrected chi connectivity index (χ3v) is 4.61. The highest BCUT2D eigenvalue weighted by molar-refractivity contribution is 6.05. The number of rotatable bonds is 5. The summed E-state index contributed by atoms with van der Waals surface area (Å²) in [7, 11) is 3.17. The van der Waals surface area contributed by atoms with Gasteiger partial charge in [0, 0.05) is 18.2 Å². The molecular formula is C17H21N3O5. The van der Waals surface area contributed by atoms with Gasteiger partial charge in [-0.3, -0.25) is 14.9 Å². The average molecular weight is 347 g/mol. The molecule has 0 saturated carbocycles. The van der Waals surface area contributed by atoms with Crippen molar-refractivity contribution in [2.24, 2.45) is 0 Å². The minimum atomic E-state index is -0.806. The van der Waals surface area contributed by atoms with E-state index in [1.165, 1.54) is 0 Å². The van der Waals surface area contributed by atoms with Crippen LogP contribution in [0.4, 0.5) is 4.79 Å². The van der Waals surface area contributed by atoms with E-state index in [9.17, 15) is 14.4 Å². The van der Waals surface area contributed by atoms with Gasteiger partial charge in [0.15, 0.2) is 0 Å². The van der Waals surface area contributed by atoms with Crippen molar-refractivity contribution in [3.05, 3.63) is 23.8 Å². The molecule has 0 spiro atoms. The van der Waals surface area contributed by atoms with Crippen molar-refractivity contribution in [2.45, 2.75) is 31.3 Å². The Balaban J connectivity index is 1.77. The molecule has 0 unspecified atom stereocenters. The Bertz CT molecular complexity index is 706. The first kappa shape index (κ1) is 17.1. The summed E-state index contributed by atoms with van der Waals surface area (Å²) in [5, 5.41) is 4.60. The summed E-state index contributed by atoms with van der Waals surface area (Å²) < 4.78 is 10.7. The number of carbonyl (C=O) groups excluding carboxylic acids is 3. The van der Waals surface area contributed by atoms with Crippen LogP contribution in [0.2, 0.25) is 0 Å². The molecule has 8 heteroatoms. The van der Waals surface area contributed by atoms with E-state index in [1.807, 2.05) is 12.1 Å². The maximum absolute atomic E-state index is 12.7. The highest BCUT2D eigenvalue weighted by atomic mass is 16.5. The fraction of sp³-hybridized carbons (Fsp3) is 0.471. The Morgan fingerprint density at radius 2 is 2.08 bits per heavy atom. The Hall–Kier alpha value is -2.77. The minimum Gasteiger partial charge on any atom is -0.497 e. The number of nitrogens with one attached hydrogen (secondary N) is 2. The lowest BCUT2D eigenvalue weighted by Gasteiger charge is -2.27. The van der Waals surface area contributed by atoms with Gasteiger partial charge >= 0.3 is 6.03 Å². The quantitative estimate of drug-likeness (QED) is 0.774. The van der Waals surface area contributed by atoms with Gasteiger partial charge in [-0.2, -0.15) is 0 Å². The van der Waals surface area contributed by atoms with Gasteiger partial charge in [-0.25, -0.2) is 4.79 Å². The Labute approximate surface area is 145 Å². The van der Waals surface area contributed by atoms with Gasteiger partial charge in [0.25, 0.3) is 5.91 Å². The molecule has 2 aliphatic rings. The molecule has 1 aromatic carbocycles. The summed E-state index contributed by atoms with van der Waals surface area (Å²) in [6.07, 6.45) is 1.64. The van der Waals surface area contributed by atoms with Gasteiger partial charge in [-0.1, -0.05) is 0 Å². The zero-order chi connectivity index (χ0) is 18.0. The molecule has 8 nitrogen and oxygen atoms in total. The molecule has 0 aromatic heterocycles. The summed E-state index contributed by atoms with van der Waals surface area (Å²) in [5.41, 5.74) is 0.911. The molecule has 1 aromatic rings. The molecule has 2 atom stereocenters. The largest absolute Gasteiger partial charge is 0.497 e. The molecule has 2 aliphatic heterocycles. The Morgan fingerprint density at radius 1 is 1.28 bits per heavy atom. The summed E-state index contributed by atoms with van der Waals surface area (Å²) >= 11 is 0. The molecule has 0 bridgehead atoms. The first-order valence-corrected chi connectivity index (χ1v) is 8.16. The van der Waals surface area contributed by atoms with Gasteiger partial charge in [-0.15, -0.1) is 0 Å². The number of ether oxygens (including phenoxy) is 2. The Morgan fingerprint density at radius 3 is 2.72 bits per heavy atom. The molecule has 25 heavy (non-hydrogen) atoms. The molecule has 2 saturated heterocycles. The molecule has 4 amide bonds. The highest BCUT2D eigenvalue weighted by Gasteiger charge is 2.37. The normalized spacial score (nSPS) is 22.6. The van der Waals surface area contributed by atoms with E-state index < -0.39 is 18.0 Å². The van der Waals surface area contributed by atoms with Crippen LogP contribution < -0.4 is 20.1 Å². The van der Waals surface area contributed by atoms with Gasteiger partial charge < -0.3 is 19.7 Å². The highest BCUT2D eigenvalue weighted by Crippen LogP contribution is 2.39. The number of imide groups is 1. The molecule has 3 rings (SSSR count). The SMILES string of the molecule is COc1ccc([C@H]2CCCN2C(=O)C[C@H]2NC(=O)NC2=O)c(OC)c1. The second-order valence-corrected chi connectivity index (χ2v) is 6.07. The number of likely N-dealkylation sites (tertiary alicyclic amines) is 1. The number of hydrogen-bond donors (Lipinski definition) is 2. The lowest BCUT2D eigenvalue weighted by atomic mass is 10.0. The standard InChI is InChI=1S/C17H21N3O5/c1-24-10-5-6-11(14(8-10)25-2)13-4-3-7-20(13)15(21)9-12-16(22)19-17(23)18-12/h5-6,8,12-13H,3-4,7,9H2,1-2H3,(H2,18,19,22,23)/t12-,13-/m1/s1. The van der Waals surface area contributed by atoms with E-state index in [0.717, 1.165) is 18.4 Å². The zero-order valence-corrected chi connectivity index (χ0v) is 14.2. The van der Waals surface area contributed by atoms with Crippen LogP contribution in [0.25, 0.3) is 0 Å². The lowest BCUT2D eigenvalue weighted by molar-refractivity contribution is -0.134. The van der Waals surface area contributed by atoms with E-state index in [2.05, 4.69) is 10.6 Å². The molecular weight excluding hydrogens is 326 g/mol. The second-order valence-electron chi connectivity index (χ2n) is 6.07. The van der Waals surface area contributed by atoms with Gasteiger partial charge in [-0.05, 0) is 25.0 Å². The predicted octanol–water partition coefficient (Wildman–Crippen LogP) is 0.965. The first-order valence-electron chi connectivity index (χ1n) is 8.16. The summed E-state index contributed by atoms with van der Waals surface area (Å²) in [5.74, 6) is 0.719. The van der Waals surface area contributed by atoms with Crippen LogP contribution in [0.1, 0.15) is 30.9 Å². The Kier molecular flexibility index (Phi) is 4.78. The van der Waals surface area contributed by atoms with Gasteiger partial charge in [0.1, 0.15) is 17.5 Å². The van der Waals surface area contributed by atoms with Crippen molar-refractivity contribution in [1.82, 2.24) is 15.5 Å². The van der Waals surface area contributed by atoms with Crippen molar-refractivity contribution in [2.75, 3.05) is 20.8 Å². The van der Waals surface area contributed by atoms with Gasteiger partial charge in [0.2, 0.25) is 5.91 Å². The minimum absolute atomic E-state index is 0.0491. The fourth-order valence-corrected chi connectivity index (χ4v) is 3.38. The van der Waals surface area contributed by atoms with Crippen molar-refractivity contribution in [1.29, 1.82) is 0 Å². The van der Waals surface area contributed by atoms with Crippen LogP contribution in [0, 0.1) is 0 Å². The fourth-order valence-electron chi connectivity index (χ4n) is 3.38. The molecule has 2 heterocycles. The van der Waals surface area contributed by atoms with E-state index in [-0.39, 0.29) is 18.4 Å². The summed E-state index contributed by atoms with van der Waals surface area (Å²) in [4.78, 5) is 37.3. The third kappa shape index (κ3) is 3.38. The number of benzene rings is 1. The number of urea groups is 1. The summed E-state index contributed by atoms with van der Waals surface area (Å²) in [6.45, 7) is 0.612. The van der Waals surface area contributed by atoms with E-state index in [4.69, 9.17) is 9.47 Å². The van der Waals surface area contributed by atoms with Crippen molar-refractivity contribution in [3.63, 3.8) is 0 Å². The maximum atomic E-state index is 12.7. The summed E-state index contributed by atoms with van der Waals surface area (Å²) in [6, 6.07) is 4.05. The van der Waals surface area contributed by atoms with E-state index in [1.54, 1.807) is 25.2 Å². The van der Waals surface area contributed by atoms with Crippen molar-refractivity contribution >= 4 is 17.8 Å². The molecule has 0 radical (unpaired) electrons. The first-order chi connectivity index (χ1) is 12.0. The maximum Gasteiger partial charge on any atom is 0.322 e. The van der Waals surface area contributed by atoms with Crippen molar-refractivity contribution < 1.29 is 23.9 Å². The van der Waals surface area contributed by atoms with Crippen molar-refractivity contribution in [3.8, 4) is 11.5 Å². The zero-order valence-electron chi connectivity index (χ0n) is 14.2. The topological polar surface area (TPSA) is 97.0 Å². The lowest BCUT2D eigenvalue weighted by Crippen LogP contribution is -2.38. The number of carbonyl (C=O) groups is 3. The molecule has 134 valence electrons. The van der Waals surface area contributed by atoms with Crippen LogP contribution in [0.15, 0.2) is 18.2 Å². The molecule has 2 N–H and O–H groups in total. The van der Waals surface area contributed by atoms with Gasteiger partial charge in [0.05, 0.1) is 26.7 Å². The smallest absolute Gasteiger partial charge is 0.322 e. The molecule has 0 aliphatic carbocycles. The number of amides is 4. The van der Waals surface area contributed by atoms with Crippen LogP contribution in [0.5, 0.6) is 11.5 Å². The monoisotopic (exact) mass is 347 g/mol. The number of nitrogens with zero attached hydrogens (tertiary/aromatic N) is 1. The third-order valence-electron chi connectivity index (χ3n) is 4.61. The van der Waals surface area contributed by atoms with Crippen LogP contribution in [0.3, 0.4) is 0 Å². The van der Waals surface area contributed by atoms with E-state index >= 15 is 0 Å². The number of hydrogen-bond acceptors (Lipinski definition) is 5. The second kappa shape index (κ2) is 7.00. The number of methoxy groups -OCH3 is 2.